The van der Waals surface area contributed by atoms with Gasteiger partial charge in [-0.15, -0.1) is 0 Å². The van der Waals surface area contributed by atoms with Gasteiger partial charge in [0, 0.05) is 31.6 Å². The van der Waals surface area contributed by atoms with E-state index in [0.29, 0.717) is 12.1 Å². The third-order valence-corrected chi connectivity index (χ3v) is 3.85. The first-order valence-corrected chi connectivity index (χ1v) is 7.03. The van der Waals surface area contributed by atoms with Crippen LogP contribution in [-0.4, -0.2) is 29.1 Å². The Morgan fingerprint density at radius 1 is 1.33 bits per heavy atom. The highest BCUT2D eigenvalue weighted by molar-refractivity contribution is 5.51. The second-order valence-electron chi connectivity index (χ2n) is 5.03. The smallest absolute Gasteiger partial charge is 0.134 e. The lowest BCUT2D eigenvalue weighted by atomic mass is 10.1. The molecule has 2 unspecified atom stereocenters. The Morgan fingerprint density at radius 2 is 2.11 bits per heavy atom. The average molecular weight is 248 g/mol. The van der Waals surface area contributed by atoms with Crippen LogP contribution in [-0.2, 0) is 6.42 Å². The summed E-state index contributed by atoms with van der Waals surface area (Å²) in [5.41, 5.74) is 0. The molecule has 2 rings (SSSR count). The molecule has 4 heteroatoms. The molecule has 0 aliphatic carbocycles. The van der Waals surface area contributed by atoms with Crippen molar-refractivity contribution in [3.05, 3.63) is 11.9 Å². The Morgan fingerprint density at radius 3 is 2.72 bits per heavy atom. The Labute approximate surface area is 110 Å². The first-order valence-electron chi connectivity index (χ1n) is 7.03. The van der Waals surface area contributed by atoms with Crippen molar-refractivity contribution in [1.29, 1.82) is 0 Å². The van der Waals surface area contributed by atoms with Crippen LogP contribution >= 0.6 is 0 Å². The van der Waals surface area contributed by atoms with E-state index in [-0.39, 0.29) is 0 Å². The number of aromatic nitrogens is 2. The second-order valence-corrected chi connectivity index (χ2v) is 5.03. The molecule has 18 heavy (non-hydrogen) atoms. The first-order chi connectivity index (χ1) is 8.69. The van der Waals surface area contributed by atoms with Crippen molar-refractivity contribution in [2.75, 3.05) is 17.3 Å². The third kappa shape index (κ3) is 2.42. The molecule has 1 N–H and O–H groups in total. The average Bonchev–Trinajstić information content (AvgIpc) is 2.79. The number of nitrogens with one attached hydrogen (secondary N) is 1. The molecule has 1 saturated heterocycles. The molecular weight excluding hydrogens is 224 g/mol. The molecule has 0 saturated carbocycles. The Kier molecular flexibility index (Phi) is 4.04. The minimum atomic E-state index is 0.583. The molecule has 1 aromatic heterocycles. The summed E-state index contributed by atoms with van der Waals surface area (Å²) in [7, 11) is 1.91. The predicted octanol–water partition coefficient (Wildman–Crippen LogP) is 2.85. The van der Waals surface area contributed by atoms with Gasteiger partial charge in [-0.2, -0.15) is 0 Å². The fourth-order valence-electron chi connectivity index (χ4n) is 2.79. The molecule has 1 aliphatic rings. The van der Waals surface area contributed by atoms with Crippen LogP contribution in [0.25, 0.3) is 0 Å². The monoisotopic (exact) mass is 248 g/mol. The van der Waals surface area contributed by atoms with Crippen molar-refractivity contribution in [2.24, 2.45) is 0 Å². The highest BCUT2D eigenvalue weighted by Gasteiger charge is 2.30. The molecule has 0 amide bonds. The lowest BCUT2D eigenvalue weighted by molar-refractivity contribution is 0.619. The predicted molar refractivity (Wildman–Crippen MR) is 76.2 cm³/mol. The van der Waals surface area contributed by atoms with Crippen molar-refractivity contribution >= 4 is 11.6 Å². The van der Waals surface area contributed by atoms with Crippen LogP contribution in [0.2, 0.25) is 0 Å². The molecule has 2 heterocycles. The van der Waals surface area contributed by atoms with Gasteiger partial charge in [0.1, 0.15) is 17.5 Å². The van der Waals surface area contributed by atoms with Gasteiger partial charge in [-0.05, 0) is 26.2 Å². The number of anilines is 2. The molecule has 1 aliphatic heterocycles. The van der Waals surface area contributed by atoms with E-state index in [1.165, 1.54) is 19.3 Å². The van der Waals surface area contributed by atoms with Crippen LogP contribution in [0.3, 0.4) is 0 Å². The Hall–Kier alpha value is -1.32. The Bertz CT molecular complexity index is 383. The lowest BCUT2D eigenvalue weighted by Gasteiger charge is -2.29. The maximum absolute atomic E-state index is 4.71. The van der Waals surface area contributed by atoms with Crippen LogP contribution in [0.4, 0.5) is 11.6 Å². The Balaban J connectivity index is 2.36. The van der Waals surface area contributed by atoms with Crippen molar-refractivity contribution < 1.29 is 0 Å². The maximum atomic E-state index is 4.71. The van der Waals surface area contributed by atoms with Gasteiger partial charge in [-0.25, -0.2) is 9.97 Å². The zero-order valence-electron chi connectivity index (χ0n) is 11.9. The van der Waals surface area contributed by atoms with Crippen LogP contribution < -0.4 is 10.2 Å². The van der Waals surface area contributed by atoms with E-state index in [1.54, 1.807) is 0 Å². The van der Waals surface area contributed by atoms with E-state index in [0.717, 1.165) is 23.9 Å². The standard InChI is InChI=1S/C14H24N4/c1-5-11-8-7-10(3)18(11)14-9-13(15-4)16-12(6-2)17-14/h9-11H,5-8H2,1-4H3,(H,15,16,17). The van der Waals surface area contributed by atoms with Crippen molar-refractivity contribution in [2.45, 2.75) is 58.5 Å². The van der Waals surface area contributed by atoms with Crippen LogP contribution in [0.1, 0.15) is 45.9 Å². The lowest BCUT2D eigenvalue weighted by Crippen LogP contribution is -2.35. The van der Waals surface area contributed by atoms with Gasteiger partial charge in [-0.3, -0.25) is 0 Å². The number of aryl methyl sites for hydroxylation is 1. The molecule has 4 nitrogen and oxygen atoms in total. The van der Waals surface area contributed by atoms with E-state index in [1.807, 2.05) is 7.05 Å². The highest BCUT2D eigenvalue weighted by Crippen LogP contribution is 2.31. The summed E-state index contributed by atoms with van der Waals surface area (Å²) in [6, 6.07) is 3.28. The number of nitrogens with zero attached hydrogens (tertiary/aromatic N) is 3. The molecule has 0 bridgehead atoms. The van der Waals surface area contributed by atoms with Gasteiger partial charge < -0.3 is 10.2 Å². The largest absolute Gasteiger partial charge is 0.373 e. The minimum absolute atomic E-state index is 0.583. The molecule has 0 aromatic carbocycles. The van der Waals surface area contributed by atoms with Gasteiger partial charge in [-0.1, -0.05) is 13.8 Å². The van der Waals surface area contributed by atoms with Crippen LogP contribution in [0.5, 0.6) is 0 Å². The molecule has 0 spiro atoms. The fraction of sp³-hybridized carbons (Fsp3) is 0.714. The van der Waals surface area contributed by atoms with Crippen LogP contribution in [0, 0.1) is 0 Å². The maximum Gasteiger partial charge on any atom is 0.134 e. The summed E-state index contributed by atoms with van der Waals surface area (Å²) in [4.78, 5) is 11.6. The molecule has 0 radical (unpaired) electrons. The van der Waals surface area contributed by atoms with Crippen molar-refractivity contribution in [3.8, 4) is 0 Å². The summed E-state index contributed by atoms with van der Waals surface area (Å²) in [6.07, 6.45) is 4.60. The second kappa shape index (κ2) is 5.55. The zero-order valence-corrected chi connectivity index (χ0v) is 11.9. The number of hydrogen-bond acceptors (Lipinski definition) is 4. The summed E-state index contributed by atoms with van der Waals surface area (Å²) in [6.45, 7) is 6.66. The topological polar surface area (TPSA) is 41.1 Å². The minimum Gasteiger partial charge on any atom is -0.373 e. The fourth-order valence-corrected chi connectivity index (χ4v) is 2.79. The highest BCUT2D eigenvalue weighted by atomic mass is 15.3. The van der Waals surface area contributed by atoms with E-state index < -0.39 is 0 Å². The zero-order chi connectivity index (χ0) is 13.1. The van der Waals surface area contributed by atoms with Gasteiger partial charge in [0.25, 0.3) is 0 Å². The summed E-state index contributed by atoms with van der Waals surface area (Å²) >= 11 is 0. The number of hydrogen-bond donors (Lipinski definition) is 1. The van der Waals surface area contributed by atoms with Gasteiger partial charge in [0.2, 0.25) is 0 Å². The van der Waals surface area contributed by atoms with E-state index >= 15 is 0 Å². The third-order valence-electron chi connectivity index (χ3n) is 3.85. The van der Waals surface area contributed by atoms with Gasteiger partial charge >= 0.3 is 0 Å². The SMILES string of the molecule is CCc1nc(NC)cc(N2C(C)CCC2CC)n1. The van der Waals surface area contributed by atoms with E-state index in [2.05, 4.69) is 42.0 Å². The first kappa shape index (κ1) is 13.1. The normalized spacial score (nSPS) is 23.4. The molecular formula is C14H24N4. The van der Waals surface area contributed by atoms with Crippen molar-refractivity contribution in [3.63, 3.8) is 0 Å². The summed E-state index contributed by atoms with van der Waals surface area (Å²) < 4.78 is 0. The molecule has 1 fully saturated rings. The van der Waals surface area contributed by atoms with Crippen molar-refractivity contribution in [1.82, 2.24) is 9.97 Å². The quantitative estimate of drug-likeness (QED) is 0.889. The van der Waals surface area contributed by atoms with E-state index in [9.17, 15) is 0 Å². The molecule has 2 atom stereocenters. The van der Waals surface area contributed by atoms with Gasteiger partial charge in [0.05, 0.1) is 0 Å². The van der Waals surface area contributed by atoms with Gasteiger partial charge in [0.15, 0.2) is 0 Å². The van der Waals surface area contributed by atoms with Crippen LogP contribution in [0.15, 0.2) is 6.07 Å². The molecule has 1 aromatic rings. The summed E-state index contributed by atoms with van der Waals surface area (Å²) in [5.74, 6) is 2.93. The van der Waals surface area contributed by atoms with E-state index in [4.69, 9.17) is 4.98 Å². The molecule has 100 valence electrons. The number of rotatable bonds is 4. The summed E-state index contributed by atoms with van der Waals surface area (Å²) in [5, 5.41) is 3.14.